The van der Waals surface area contributed by atoms with Gasteiger partial charge in [-0.3, -0.25) is 0 Å². The van der Waals surface area contributed by atoms with Gasteiger partial charge in [0.05, 0.1) is 0 Å². The third-order valence-electron chi connectivity index (χ3n) is 0. The Morgan fingerprint density at radius 1 is 1.29 bits per heavy atom. The molecule has 0 N–H and O–H groups in total. The molecule has 0 spiro atoms. The normalized spacial score (nSPS) is 3.43. The van der Waals surface area contributed by atoms with Crippen LogP contribution in [0.4, 0.5) is 0 Å². The molecule has 29 valence electrons. The average molecular weight is 195 g/mol. The van der Waals surface area contributed by atoms with E-state index in [9.17, 15) is 0 Å². The summed E-state index contributed by atoms with van der Waals surface area (Å²) in [4.78, 5) is 17.0. The van der Waals surface area contributed by atoms with Crippen LogP contribution < -0.4 is 9.59 Å². The minimum Gasteiger partial charge on any atom is -0.672 e. The van der Waals surface area contributed by atoms with E-state index in [1.54, 1.807) is 0 Å². The quantitative estimate of drug-likeness (QED) is 0.375. The smallest absolute Gasteiger partial charge is 0.672 e. The van der Waals surface area contributed by atoms with Crippen LogP contribution in [0.3, 0.4) is 0 Å². The van der Waals surface area contributed by atoms with Crippen LogP contribution in [0, 0.1) is 0 Å². The summed E-state index contributed by atoms with van der Waals surface area (Å²) in [6, 6.07) is 0. The predicted octanol–water partition coefficient (Wildman–Crippen LogP) is -3.64. The van der Waals surface area contributed by atoms with Gasteiger partial charge in [-0.2, -0.15) is 0 Å². The minimum atomic E-state index is -3.63. The van der Waals surface area contributed by atoms with Crippen LogP contribution in [-0.4, -0.2) is 70.0 Å². The zero-order valence-corrected chi connectivity index (χ0v) is 9.32. The van der Waals surface area contributed by atoms with Gasteiger partial charge in [0.25, 0.3) is 0 Å². The van der Waals surface area contributed by atoms with E-state index in [-0.39, 0.29) is 77.9 Å². The molecule has 0 amide bonds. The standard InChI is InChI=1S/Ca.Mg.Mn.O3Si/c;;;1-4(2)3/q3*+2;-2. The van der Waals surface area contributed by atoms with Crippen molar-refractivity contribution in [3.8, 4) is 0 Å². The molecular weight excluding hydrogens is 195 g/mol. The fourth-order valence-corrected chi connectivity index (χ4v) is 0. The van der Waals surface area contributed by atoms with Crippen LogP contribution in [-0.2, 0) is 21.5 Å². The van der Waals surface area contributed by atoms with Crippen molar-refractivity contribution in [3.63, 3.8) is 0 Å². The SMILES string of the molecule is O=[Si]([O-])[O-].[Ca+2].[Mg+2].[Mn+2]. The Bertz CT molecular complexity index is 37.9. The van der Waals surface area contributed by atoms with Crippen LogP contribution >= 0.6 is 0 Å². The Kier molecular flexibility index (Phi) is 51.4. The Balaban J connectivity index is -0.0000000150. The first kappa shape index (κ1) is 22.9. The molecule has 0 aliphatic heterocycles. The van der Waals surface area contributed by atoms with Crippen molar-refractivity contribution in [3.05, 3.63) is 0 Å². The summed E-state index contributed by atoms with van der Waals surface area (Å²) in [6.07, 6.45) is 0. The van der Waals surface area contributed by atoms with Crippen molar-refractivity contribution in [2.24, 2.45) is 0 Å². The molecule has 0 aromatic heterocycles. The van der Waals surface area contributed by atoms with Crippen LogP contribution in [0.1, 0.15) is 0 Å². The Hall–Kier alpha value is 2.16. The summed E-state index contributed by atoms with van der Waals surface area (Å²) >= 11 is 0. The first-order chi connectivity index (χ1) is 1.73. The third kappa shape index (κ3) is 66.3. The van der Waals surface area contributed by atoms with Gasteiger partial charge in [0, 0.05) is 9.17 Å². The summed E-state index contributed by atoms with van der Waals surface area (Å²) in [7, 11) is -3.63. The van der Waals surface area contributed by atoms with Gasteiger partial charge < -0.3 is 14.1 Å². The number of hydrogen-bond acceptors (Lipinski definition) is 3. The number of hydrogen-bond donors (Lipinski definition) is 0. The topological polar surface area (TPSA) is 63.2 Å². The van der Waals surface area contributed by atoms with Gasteiger partial charge in [-0.05, 0) is 0 Å². The second kappa shape index (κ2) is 15.7. The molecule has 0 saturated carbocycles. The summed E-state index contributed by atoms with van der Waals surface area (Å²) in [5.74, 6) is 0. The van der Waals surface area contributed by atoms with Gasteiger partial charge in [0.2, 0.25) is 0 Å². The summed E-state index contributed by atoms with van der Waals surface area (Å²) in [5.41, 5.74) is 0. The fraction of sp³-hybridized carbons (Fsp3) is 0. The second-order valence-electron chi connectivity index (χ2n) is 0.250. The minimum absolute atomic E-state index is 0. The molecule has 0 aromatic carbocycles. The average Bonchev–Trinajstić information content (AvgIpc) is 0.811. The molecule has 0 aliphatic rings. The predicted molar refractivity (Wildman–Crippen MR) is 17.9 cm³/mol. The van der Waals surface area contributed by atoms with Gasteiger partial charge in [-0.1, -0.05) is 0 Å². The van der Waals surface area contributed by atoms with Crippen molar-refractivity contribution in [1.29, 1.82) is 0 Å². The van der Waals surface area contributed by atoms with E-state index < -0.39 is 9.17 Å². The molecule has 7 heavy (non-hydrogen) atoms. The molecule has 0 unspecified atom stereocenters. The zero-order valence-electron chi connectivity index (χ0n) is 3.52. The Morgan fingerprint density at radius 3 is 1.29 bits per heavy atom. The molecule has 7 heteroatoms. The van der Waals surface area contributed by atoms with E-state index in [1.165, 1.54) is 0 Å². The summed E-state index contributed by atoms with van der Waals surface area (Å²) < 4.78 is 8.52. The van der Waals surface area contributed by atoms with Crippen molar-refractivity contribution < 1.29 is 31.1 Å². The van der Waals surface area contributed by atoms with Gasteiger partial charge in [0.1, 0.15) is 0 Å². The van der Waals surface area contributed by atoms with Gasteiger partial charge in [-0.15, -0.1) is 0 Å². The number of rotatable bonds is 0. The van der Waals surface area contributed by atoms with E-state index in [2.05, 4.69) is 0 Å². The van der Waals surface area contributed by atoms with E-state index in [0.717, 1.165) is 0 Å². The zero-order chi connectivity index (χ0) is 3.58. The second-order valence-corrected chi connectivity index (χ2v) is 0.750. The van der Waals surface area contributed by atoms with Gasteiger partial charge in [0.15, 0.2) is 0 Å². The first-order valence-corrected chi connectivity index (χ1v) is 1.84. The first-order valence-electron chi connectivity index (χ1n) is 0.612. The largest absolute Gasteiger partial charge is 2.00 e. The molecule has 3 nitrogen and oxygen atoms in total. The van der Waals surface area contributed by atoms with Gasteiger partial charge in [-0.25, -0.2) is 0 Å². The van der Waals surface area contributed by atoms with Gasteiger partial charge >= 0.3 is 77.9 Å². The van der Waals surface area contributed by atoms with E-state index in [1.807, 2.05) is 0 Å². The van der Waals surface area contributed by atoms with Crippen LogP contribution in [0.15, 0.2) is 0 Å². The van der Waals surface area contributed by atoms with E-state index >= 15 is 0 Å². The fourth-order valence-electron chi connectivity index (χ4n) is 0. The maximum atomic E-state index is 8.52. The Labute approximate surface area is 99.4 Å². The molecule has 0 heterocycles. The van der Waals surface area contributed by atoms with Crippen molar-refractivity contribution >= 4 is 70.0 Å². The molecule has 0 bridgehead atoms. The van der Waals surface area contributed by atoms with Crippen LogP contribution in [0.25, 0.3) is 0 Å². The monoisotopic (exact) mass is 195 g/mol. The van der Waals surface area contributed by atoms with Crippen LogP contribution in [0.5, 0.6) is 0 Å². The van der Waals surface area contributed by atoms with E-state index in [4.69, 9.17) is 14.1 Å². The summed E-state index contributed by atoms with van der Waals surface area (Å²) in [6.45, 7) is 0. The molecule has 1 radical (unpaired) electrons. The molecular formula is CaMgMnO3Si+4. The van der Waals surface area contributed by atoms with Crippen molar-refractivity contribution in [1.82, 2.24) is 0 Å². The molecule has 0 aromatic rings. The molecule has 0 aliphatic carbocycles. The van der Waals surface area contributed by atoms with Crippen LogP contribution in [0.2, 0.25) is 0 Å². The molecule has 0 rings (SSSR count). The summed E-state index contributed by atoms with van der Waals surface area (Å²) in [5, 5.41) is 0. The van der Waals surface area contributed by atoms with E-state index in [0.29, 0.717) is 0 Å². The maximum absolute atomic E-state index is 8.52. The molecule has 0 atom stereocenters. The third-order valence-corrected chi connectivity index (χ3v) is 0. The Morgan fingerprint density at radius 2 is 1.29 bits per heavy atom. The maximum Gasteiger partial charge on any atom is 2.00 e. The molecule has 0 saturated heterocycles. The van der Waals surface area contributed by atoms with Crippen molar-refractivity contribution in [2.45, 2.75) is 0 Å². The van der Waals surface area contributed by atoms with Crippen molar-refractivity contribution in [2.75, 3.05) is 0 Å². The molecule has 0 fully saturated rings.